The number of halogens is 5. The van der Waals surface area contributed by atoms with E-state index in [1.54, 1.807) is 12.1 Å². The predicted molar refractivity (Wildman–Crippen MR) is 122 cm³/mol. The van der Waals surface area contributed by atoms with Crippen molar-refractivity contribution in [3.05, 3.63) is 76.6 Å². The molecule has 1 unspecified atom stereocenters. The van der Waals surface area contributed by atoms with E-state index in [1.165, 1.54) is 41.3 Å². The average Bonchev–Trinajstić information content (AvgIpc) is 3.31. The van der Waals surface area contributed by atoms with Crippen molar-refractivity contribution in [3.8, 4) is 23.0 Å². The summed E-state index contributed by atoms with van der Waals surface area (Å²) >= 11 is 5.90. The van der Waals surface area contributed by atoms with E-state index in [-0.39, 0.29) is 16.7 Å². The molecule has 1 saturated heterocycles. The van der Waals surface area contributed by atoms with Crippen LogP contribution in [0.3, 0.4) is 0 Å². The van der Waals surface area contributed by atoms with E-state index in [1.807, 2.05) is 0 Å². The van der Waals surface area contributed by atoms with E-state index in [9.17, 15) is 17.6 Å². The second-order valence-corrected chi connectivity index (χ2v) is 8.46. The van der Waals surface area contributed by atoms with Crippen LogP contribution in [0.4, 0.5) is 17.6 Å². The van der Waals surface area contributed by atoms with Gasteiger partial charge in [0.2, 0.25) is 0 Å². The number of rotatable bonds is 2. The van der Waals surface area contributed by atoms with Gasteiger partial charge in [-0.2, -0.15) is 18.3 Å². The fraction of sp³-hybridized carbons (Fsp3) is 0.240. The molecule has 1 atom stereocenters. The maximum Gasteiger partial charge on any atom is 0.435 e. The predicted octanol–water partition coefficient (Wildman–Crippen LogP) is 6.40. The lowest BCUT2D eigenvalue weighted by molar-refractivity contribution is -0.141. The molecule has 1 aliphatic heterocycles. The molecule has 5 rings (SSSR count). The topological polar surface area (TPSA) is 52.8 Å². The summed E-state index contributed by atoms with van der Waals surface area (Å²) < 4.78 is 62.2. The molecular formula is C25H17ClF4N4O. The van der Waals surface area contributed by atoms with Gasteiger partial charge in [-0.25, -0.2) is 14.1 Å². The SMILES string of the molecule is Fc1ccc(Cl)cc1C#Cc1ccc2ncc(-c3cn(C4CCCCO4)nc3C(F)(F)F)cc2n1. The van der Waals surface area contributed by atoms with Crippen LogP contribution in [0.5, 0.6) is 0 Å². The van der Waals surface area contributed by atoms with Gasteiger partial charge in [-0.15, -0.1) is 0 Å². The quantitative estimate of drug-likeness (QED) is 0.236. The molecule has 0 bridgehead atoms. The van der Waals surface area contributed by atoms with Crippen molar-refractivity contribution < 1.29 is 22.3 Å². The third kappa shape index (κ3) is 4.99. The number of hydrogen-bond acceptors (Lipinski definition) is 4. The second kappa shape index (κ2) is 9.29. The van der Waals surface area contributed by atoms with Gasteiger partial charge in [-0.3, -0.25) is 4.98 Å². The highest BCUT2D eigenvalue weighted by atomic mass is 35.5. The highest BCUT2D eigenvalue weighted by molar-refractivity contribution is 6.30. The van der Waals surface area contributed by atoms with Gasteiger partial charge >= 0.3 is 6.18 Å². The normalized spacial score (nSPS) is 16.2. The number of alkyl halides is 3. The molecule has 0 saturated carbocycles. The first-order valence-corrected chi connectivity index (χ1v) is 11.2. The number of ether oxygens (including phenoxy) is 1. The Hall–Kier alpha value is -3.48. The van der Waals surface area contributed by atoms with Gasteiger partial charge in [0.1, 0.15) is 17.7 Å². The third-order valence-electron chi connectivity index (χ3n) is 5.55. The van der Waals surface area contributed by atoms with Gasteiger partial charge in [0.05, 0.1) is 16.6 Å². The number of nitrogens with zero attached hydrogens (tertiary/aromatic N) is 4. The zero-order chi connectivity index (χ0) is 24.6. The minimum atomic E-state index is -4.66. The van der Waals surface area contributed by atoms with E-state index in [4.69, 9.17) is 16.3 Å². The summed E-state index contributed by atoms with van der Waals surface area (Å²) in [6.07, 6.45) is -0.198. The van der Waals surface area contributed by atoms with Crippen LogP contribution in [0.2, 0.25) is 5.02 Å². The van der Waals surface area contributed by atoms with Gasteiger partial charge in [-0.05, 0) is 61.6 Å². The molecule has 35 heavy (non-hydrogen) atoms. The van der Waals surface area contributed by atoms with Crippen molar-refractivity contribution in [2.45, 2.75) is 31.7 Å². The van der Waals surface area contributed by atoms with Gasteiger partial charge in [0.25, 0.3) is 0 Å². The Balaban J connectivity index is 1.54. The first-order chi connectivity index (χ1) is 16.8. The summed E-state index contributed by atoms with van der Waals surface area (Å²) in [6.45, 7) is 0.478. The van der Waals surface area contributed by atoms with Crippen LogP contribution in [-0.4, -0.2) is 26.4 Å². The first-order valence-electron chi connectivity index (χ1n) is 10.8. The van der Waals surface area contributed by atoms with E-state index in [2.05, 4.69) is 26.9 Å². The molecule has 4 aromatic rings. The third-order valence-corrected chi connectivity index (χ3v) is 5.79. The lowest BCUT2D eigenvalue weighted by Gasteiger charge is -2.22. The number of fused-ring (bicyclic) bond motifs is 1. The van der Waals surface area contributed by atoms with Crippen molar-refractivity contribution in [2.24, 2.45) is 0 Å². The molecule has 0 aliphatic carbocycles. The maximum atomic E-state index is 13.9. The van der Waals surface area contributed by atoms with Gasteiger partial charge in [0, 0.05) is 35.2 Å². The van der Waals surface area contributed by atoms with Crippen LogP contribution >= 0.6 is 11.6 Å². The maximum absolute atomic E-state index is 13.9. The van der Waals surface area contributed by atoms with Crippen LogP contribution in [0.15, 0.2) is 48.8 Å². The molecular weight excluding hydrogens is 484 g/mol. The smallest absolute Gasteiger partial charge is 0.357 e. The molecule has 1 aliphatic rings. The van der Waals surface area contributed by atoms with Crippen LogP contribution in [-0.2, 0) is 10.9 Å². The summed E-state index contributed by atoms with van der Waals surface area (Å²) in [6, 6.07) is 8.79. The Morgan fingerprint density at radius 2 is 1.91 bits per heavy atom. The Morgan fingerprint density at radius 1 is 1.06 bits per heavy atom. The minimum Gasteiger partial charge on any atom is -0.357 e. The number of pyridine rings is 2. The summed E-state index contributed by atoms with van der Waals surface area (Å²) in [7, 11) is 0. The molecule has 178 valence electrons. The van der Waals surface area contributed by atoms with Crippen molar-refractivity contribution in [3.63, 3.8) is 0 Å². The summed E-state index contributed by atoms with van der Waals surface area (Å²) in [5, 5.41) is 4.15. The summed E-state index contributed by atoms with van der Waals surface area (Å²) in [4.78, 5) is 8.66. The van der Waals surface area contributed by atoms with Crippen molar-refractivity contribution >= 4 is 22.6 Å². The Morgan fingerprint density at radius 3 is 2.69 bits per heavy atom. The number of hydrogen-bond donors (Lipinski definition) is 0. The minimum absolute atomic E-state index is 0.110. The summed E-state index contributed by atoms with van der Waals surface area (Å²) in [5.41, 5.74) is 0.322. The summed E-state index contributed by atoms with van der Waals surface area (Å²) in [5.74, 6) is 4.92. The van der Waals surface area contributed by atoms with E-state index >= 15 is 0 Å². The Bertz CT molecular complexity index is 1470. The first kappa shape index (κ1) is 23.3. The molecule has 1 fully saturated rings. The standard InChI is InChI=1S/C25H17ClF4N4O/c26-17-5-8-20(27)15(11-17)4-6-18-7-9-21-22(32-18)12-16(13-31-21)19-14-34(23-3-1-2-10-35-23)33-24(19)25(28,29)30/h5,7-9,11-14,23H,1-3,10H2. The lowest BCUT2D eigenvalue weighted by Crippen LogP contribution is -2.19. The number of aromatic nitrogens is 4. The number of benzene rings is 1. The highest BCUT2D eigenvalue weighted by Gasteiger charge is 2.38. The monoisotopic (exact) mass is 500 g/mol. The fourth-order valence-electron chi connectivity index (χ4n) is 3.84. The van der Waals surface area contributed by atoms with Crippen LogP contribution in [0.1, 0.15) is 42.4 Å². The second-order valence-electron chi connectivity index (χ2n) is 8.02. The fourth-order valence-corrected chi connectivity index (χ4v) is 4.01. The van der Waals surface area contributed by atoms with Crippen LogP contribution < -0.4 is 0 Å². The lowest BCUT2D eigenvalue weighted by atomic mass is 10.1. The molecule has 4 heterocycles. The zero-order valence-electron chi connectivity index (χ0n) is 18.1. The molecule has 5 nitrogen and oxygen atoms in total. The Labute approximate surface area is 202 Å². The largest absolute Gasteiger partial charge is 0.435 e. The molecule has 0 spiro atoms. The van der Waals surface area contributed by atoms with Crippen LogP contribution in [0, 0.1) is 17.7 Å². The van der Waals surface area contributed by atoms with Crippen molar-refractivity contribution in [1.29, 1.82) is 0 Å². The van der Waals surface area contributed by atoms with Crippen molar-refractivity contribution in [2.75, 3.05) is 6.61 Å². The van der Waals surface area contributed by atoms with E-state index in [0.717, 1.165) is 12.8 Å². The zero-order valence-corrected chi connectivity index (χ0v) is 18.9. The molecule has 1 aromatic carbocycles. The van der Waals surface area contributed by atoms with Crippen molar-refractivity contribution in [1.82, 2.24) is 19.7 Å². The van der Waals surface area contributed by atoms with Gasteiger partial charge in [-0.1, -0.05) is 17.5 Å². The molecule has 0 radical (unpaired) electrons. The molecule has 0 amide bonds. The Kier molecular flexibility index (Phi) is 6.17. The average molecular weight is 501 g/mol. The molecule has 10 heteroatoms. The van der Waals surface area contributed by atoms with E-state index < -0.39 is 23.9 Å². The van der Waals surface area contributed by atoms with Gasteiger partial charge < -0.3 is 4.74 Å². The van der Waals surface area contributed by atoms with E-state index in [0.29, 0.717) is 34.8 Å². The molecule has 0 N–H and O–H groups in total. The molecule has 3 aromatic heterocycles. The van der Waals surface area contributed by atoms with Crippen LogP contribution in [0.25, 0.3) is 22.2 Å². The highest BCUT2D eigenvalue weighted by Crippen LogP contribution is 2.38. The van der Waals surface area contributed by atoms with Gasteiger partial charge in [0.15, 0.2) is 5.69 Å².